The number of carbonyl (C=O) groups excluding carboxylic acids is 1. The number of hydrogen-bond donors (Lipinski definition) is 1. The highest BCUT2D eigenvalue weighted by Crippen LogP contribution is 2.29. The summed E-state index contributed by atoms with van der Waals surface area (Å²) in [6, 6.07) is 0. The van der Waals surface area contributed by atoms with Crippen LogP contribution in [-0.4, -0.2) is 40.9 Å². The summed E-state index contributed by atoms with van der Waals surface area (Å²) >= 11 is 0. The van der Waals surface area contributed by atoms with Crippen LogP contribution in [0.1, 0.15) is 33.1 Å². The van der Waals surface area contributed by atoms with Gasteiger partial charge in [-0.05, 0) is 20.3 Å². The first-order valence-electron chi connectivity index (χ1n) is 5.53. The minimum atomic E-state index is -2.85. The highest BCUT2D eigenvalue weighted by atomic mass is 19.3. The van der Waals surface area contributed by atoms with Crippen molar-refractivity contribution in [2.24, 2.45) is 5.41 Å². The van der Waals surface area contributed by atoms with E-state index in [0.29, 0.717) is 0 Å². The molecule has 17 heavy (non-hydrogen) atoms. The predicted octanol–water partition coefficient (Wildman–Crippen LogP) is 1.75. The quantitative estimate of drug-likeness (QED) is 0.829. The Labute approximate surface area is 98.6 Å². The maximum atomic E-state index is 13.1. The summed E-state index contributed by atoms with van der Waals surface area (Å²) in [5.41, 5.74) is -1.22. The molecule has 1 amide bonds. The molecule has 1 saturated heterocycles. The minimum Gasteiger partial charge on any atom is -0.481 e. The van der Waals surface area contributed by atoms with Gasteiger partial charge in [0.25, 0.3) is 5.92 Å². The van der Waals surface area contributed by atoms with E-state index < -0.39 is 29.8 Å². The van der Waals surface area contributed by atoms with E-state index in [9.17, 15) is 18.4 Å². The summed E-state index contributed by atoms with van der Waals surface area (Å²) in [6.07, 6.45) is -0.205. The van der Waals surface area contributed by atoms with Crippen molar-refractivity contribution in [1.29, 1.82) is 0 Å². The van der Waals surface area contributed by atoms with Gasteiger partial charge in [0.1, 0.15) is 0 Å². The number of amides is 1. The van der Waals surface area contributed by atoms with E-state index in [1.54, 1.807) is 0 Å². The zero-order valence-corrected chi connectivity index (χ0v) is 10.0. The SMILES string of the molecule is CC(C)(CC(=O)N1CCCC(F)(F)C1)C(=O)O. The third-order valence-corrected chi connectivity index (χ3v) is 2.92. The lowest BCUT2D eigenvalue weighted by atomic mass is 9.88. The van der Waals surface area contributed by atoms with Crippen LogP contribution in [-0.2, 0) is 9.59 Å². The molecule has 1 N–H and O–H groups in total. The first-order chi connectivity index (χ1) is 7.64. The number of carboxylic acid groups (broad SMARTS) is 1. The Bertz CT molecular complexity index is 329. The molecule has 1 rings (SSSR count). The molecule has 1 fully saturated rings. The molecule has 1 heterocycles. The summed E-state index contributed by atoms with van der Waals surface area (Å²) in [5.74, 6) is -4.47. The van der Waals surface area contributed by atoms with Crippen molar-refractivity contribution in [2.45, 2.75) is 39.0 Å². The van der Waals surface area contributed by atoms with Crippen LogP contribution in [0.4, 0.5) is 8.78 Å². The molecule has 1 aliphatic heterocycles. The molecule has 0 aromatic carbocycles. The van der Waals surface area contributed by atoms with Gasteiger partial charge in [-0.1, -0.05) is 0 Å². The molecule has 4 nitrogen and oxygen atoms in total. The largest absolute Gasteiger partial charge is 0.481 e. The molecule has 0 saturated carbocycles. The summed E-state index contributed by atoms with van der Waals surface area (Å²) in [5, 5.41) is 8.87. The van der Waals surface area contributed by atoms with Gasteiger partial charge in [-0.25, -0.2) is 8.78 Å². The fourth-order valence-corrected chi connectivity index (χ4v) is 1.74. The number of alkyl halides is 2. The number of hydrogen-bond acceptors (Lipinski definition) is 2. The zero-order chi connectivity index (χ0) is 13.3. The van der Waals surface area contributed by atoms with Gasteiger partial charge in [0.05, 0.1) is 12.0 Å². The van der Waals surface area contributed by atoms with E-state index in [0.717, 1.165) is 4.90 Å². The van der Waals surface area contributed by atoms with Crippen LogP contribution in [0.15, 0.2) is 0 Å². The van der Waals surface area contributed by atoms with Crippen molar-refractivity contribution in [3.05, 3.63) is 0 Å². The Morgan fingerprint density at radius 3 is 2.47 bits per heavy atom. The van der Waals surface area contributed by atoms with Gasteiger partial charge >= 0.3 is 5.97 Å². The number of likely N-dealkylation sites (tertiary alicyclic amines) is 1. The molecule has 0 aromatic rings. The average molecular weight is 249 g/mol. The maximum Gasteiger partial charge on any atom is 0.309 e. The van der Waals surface area contributed by atoms with Crippen molar-refractivity contribution in [3.8, 4) is 0 Å². The van der Waals surface area contributed by atoms with Crippen molar-refractivity contribution >= 4 is 11.9 Å². The lowest BCUT2D eigenvalue weighted by Gasteiger charge is -2.34. The number of rotatable bonds is 3. The topological polar surface area (TPSA) is 57.6 Å². The second-order valence-corrected chi connectivity index (χ2v) is 5.14. The van der Waals surface area contributed by atoms with Crippen LogP contribution in [0, 0.1) is 5.41 Å². The lowest BCUT2D eigenvalue weighted by molar-refractivity contribution is -0.154. The predicted molar refractivity (Wildman–Crippen MR) is 56.8 cm³/mol. The van der Waals surface area contributed by atoms with E-state index in [4.69, 9.17) is 5.11 Å². The van der Waals surface area contributed by atoms with Gasteiger partial charge in [-0.3, -0.25) is 9.59 Å². The lowest BCUT2D eigenvalue weighted by Crippen LogP contribution is -2.47. The van der Waals surface area contributed by atoms with Crippen LogP contribution in [0.3, 0.4) is 0 Å². The van der Waals surface area contributed by atoms with Crippen molar-refractivity contribution in [2.75, 3.05) is 13.1 Å². The molecule has 0 bridgehead atoms. The minimum absolute atomic E-state index is 0.209. The Kier molecular flexibility index (Phi) is 3.74. The molecular weight excluding hydrogens is 232 g/mol. The second kappa shape index (κ2) is 4.58. The summed E-state index contributed by atoms with van der Waals surface area (Å²) in [6.45, 7) is 2.51. The maximum absolute atomic E-state index is 13.1. The van der Waals surface area contributed by atoms with E-state index in [-0.39, 0.29) is 25.8 Å². The molecule has 0 spiro atoms. The number of nitrogens with zero attached hydrogens (tertiary/aromatic N) is 1. The van der Waals surface area contributed by atoms with Gasteiger partial charge in [0.2, 0.25) is 5.91 Å². The molecule has 0 aromatic heterocycles. The molecule has 0 aliphatic carbocycles. The Morgan fingerprint density at radius 1 is 1.41 bits per heavy atom. The van der Waals surface area contributed by atoms with Crippen molar-refractivity contribution in [1.82, 2.24) is 4.90 Å². The van der Waals surface area contributed by atoms with Crippen molar-refractivity contribution < 1.29 is 23.5 Å². The molecule has 98 valence electrons. The number of carbonyl (C=O) groups is 2. The van der Waals surface area contributed by atoms with Gasteiger partial charge in [-0.2, -0.15) is 0 Å². The summed E-state index contributed by atoms with van der Waals surface area (Å²) < 4.78 is 26.2. The highest BCUT2D eigenvalue weighted by molar-refractivity contribution is 5.84. The monoisotopic (exact) mass is 249 g/mol. The number of piperidine rings is 1. The van der Waals surface area contributed by atoms with Gasteiger partial charge in [0, 0.05) is 19.4 Å². The molecule has 6 heteroatoms. The Morgan fingerprint density at radius 2 is 2.00 bits per heavy atom. The van der Waals surface area contributed by atoms with Crippen LogP contribution in [0.5, 0.6) is 0 Å². The van der Waals surface area contributed by atoms with Crippen LogP contribution < -0.4 is 0 Å². The van der Waals surface area contributed by atoms with Crippen LogP contribution >= 0.6 is 0 Å². The summed E-state index contributed by atoms with van der Waals surface area (Å²) in [4.78, 5) is 23.6. The normalized spacial score (nSPS) is 20.1. The van der Waals surface area contributed by atoms with E-state index in [2.05, 4.69) is 0 Å². The molecule has 0 radical (unpaired) electrons. The Hall–Kier alpha value is -1.20. The molecule has 0 atom stereocenters. The van der Waals surface area contributed by atoms with Crippen LogP contribution in [0.25, 0.3) is 0 Å². The highest BCUT2D eigenvalue weighted by Gasteiger charge is 2.39. The fourth-order valence-electron chi connectivity index (χ4n) is 1.74. The first kappa shape index (κ1) is 13.9. The number of aliphatic carboxylic acids is 1. The standard InChI is InChI=1S/C11H17F2NO3/c1-10(2,9(16)17)6-8(15)14-5-3-4-11(12,13)7-14/h3-7H2,1-2H3,(H,16,17). The van der Waals surface area contributed by atoms with Crippen LogP contribution in [0.2, 0.25) is 0 Å². The van der Waals surface area contributed by atoms with E-state index >= 15 is 0 Å². The average Bonchev–Trinajstić information content (AvgIpc) is 2.15. The third kappa shape index (κ3) is 3.64. The number of halogens is 2. The summed E-state index contributed by atoms with van der Waals surface area (Å²) in [7, 11) is 0. The zero-order valence-electron chi connectivity index (χ0n) is 10.0. The molecule has 0 unspecified atom stereocenters. The number of carboxylic acids is 1. The van der Waals surface area contributed by atoms with Gasteiger partial charge in [-0.15, -0.1) is 0 Å². The fraction of sp³-hybridized carbons (Fsp3) is 0.818. The Balaban J connectivity index is 2.62. The van der Waals surface area contributed by atoms with Gasteiger partial charge in [0.15, 0.2) is 0 Å². The van der Waals surface area contributed by atoms with Crippen molar-refractivity contribution in [3.63, 3.8) is 0 Å². The molecule has 1 aliphatic rings. The molecular formula is C11H17F2NO3. The second-order valence-electron chi connectivity index (χ2n) is 5.14. The van der Waals surface area contributed by atoms with Gasteiger partial charge < -0.3 is 10.0 Å². The van der Waals surface area contributed by atoms with E-state index in [1.807, 2.05) is 0 Å². The smallest absolute Gasteiger partial charge is 0.309 e. The first-order valence-corrected chi connectivity index (χ1v) is 5.53. The van der Waals surface area contributed by atoms with E-state index in [1.165, 1.54) is 13.8 Å². The third-order valence-electron chi connectivity index (χ3n) is 2.92.